The van der Waals surface area contributed by atoms with Gasteiger partial charge in [-0.1, -0.05) is 41.6 Å². The van der Waals surface area contributed by atoms with Crippen LogP contribution in [0, 0.1) is 0 Å². The zero-order valence-corrected chi connectivity index (χ0v) is 17.5. The second kappa shape index (κ2) is 7.71. The SMILES string of the molecule is O=C1CC(c2nc(Cc3nc(-c4ccccc4)n[nH]3)no2)CN1c1ccc2c(c1)CCC2. The summed E-state index contributed by atoms with van der Waals surface area (Å²) in [4.78, 5) is 23.6. The molecule has 6 rings (SSSR count). The Morgan fingerprint density at radius 1 is 1.06 bits per heavy atom. The van der Waals surface area contributed by atoms with Crippen LogP contribution in [0.2, 0.25) is 0 Å². The van der Waals surface area contributed by atoms with E-state index in [0.717, 1.165) is 24.1 Å². The van der Waals surface area contributed by atoms with Crippen LogP contribution < -0.4 is 4.90 Å². The predicted molar refractivity (Wildman–Crippen MR) is 117 cm³/mol. The first kappa shape index (κ1) is 18.9. The van der Waals surface area contributed by atoms with Crippen LogP contribution in [0.1, 0.15) is 47.4 Å². The van der Waals surface area contributed by atoms with E-state index in [1.807, 2.05) is 35.2 Å². The molecule has 2 aliphatic rings. The fraction of sp³-hybridized carbons (Fsp3) is 0.292. The Morgan fingerprint density at radius 2 is 1.94 bits per heavy atom. The number of rotatable bonds is 5. The molecule has 1 aliphatic heterocycles. The third-order valence-corrected chi connectivity index (χ3v) is 6.24. The predicted octanol–water partition coefficient (Wildman–Crippen LogP) is 3.45. The molecule has 2 aromatic heterocycles. The number of nitrogens with zero attached hydrogens (tertiary/aromatic N) is 5. The highest BCUT2D eigenvalue weighted by atomic mass is 16.5. The number of fused-ring (bicyclic) bond motifs is 1. The number of aromatic amines is 1. The van der Waals surface area contributed by atoms with Gasteiger partial charge in [0, 0.05) is 24.2 Å². The van der Waals surface area contributed by atoms with Gasteiger partial charge < -0.3 is 9.42 Å². The summed E-state index contributed by atoms with van der Waals surface area (Å²) in [6.07, 6.45) is 4.18. The van der Waals surface area contributed by atoms with Crippen molar-refractivity contribution >= 4 is 11.6 Å². The van der Waals surface area contributed by atoms with E-state index in [1.165, 1.54) is 17.5 Å². The Balaban J connectivity index is 1.15. The van der Waals surface area contributed by atoms with Crippen LogP contribution in [-0.2, 0) is 24.1 Å². The molecule has 2 aromatic carbocycles. The summed E-state index contributed by atoms with van der Waals surface area (Å²) in [6, 6.07) is 16.2. The van der Waals surface area contributed by atoms with Crippen LogP contribution in [0.5, 0.6) is 0 Å². The van der Waals surface area contributed by atoms with Crippen molar-refractivity contribution in [3.63, 3.8) is 0 Å². The summed E-state index contributed by atoms with van der Waals surface area (Å²) in [6.45, 7) is 0.555. The maximum absolute atomic E-state index is 12.7. The first-order valence-electron chi connectivity index (χ1n) is 10.9. The molecule has 8 nitrogen and oxygen atoms in total. The number of carbonyl (C=O) groups excluding carboxylic acids is 1. The number of carbonyl (C=O) groups is 1. The third-order valence-electron chi connectivity index (χ3n) is 6.24. The van der Waals surface area contributed by atoms with Crippen LogP contribution >= 0.6 is 0 Å². The Morgan fingerprint density at radius 3 is 2.84 bits per heavy atom. The normalized spacial score (nSPS) is 17.8. The molecule has 1 aliphatic carbocycles. The number of hydrogen-bond donors (Lipinski definition) is 1. The second-order valence-corrected chi connectivity index (χ2v) is 8.41. The summed E-state index contributed by atoms with van der Waals surface area (Å²) < 4.78 is 5.52. The number of anilines is 1. The van der Waals surface area contributed by atoms with E-state index < -0.39 is 0 Å². The third kappa shape index (κ3) is 3.47. The minimum absolute atomic E-state index is 0.0930. The van der Waals surface area contributed by atoms with E-state index >= 15 is 0 Å². The van der Waals surface area contributed by atoms with E-state index in [0.29, 0.717) is 42.8 Å². The van der Waals surface area contributed by atoms with Gasteiger partial charge in [0.15, 0.2) is 11.6 Å². The molecule has 0 saturated carbocycles. The average Bonchev–Trinajstić information content (AvgIpc) is 3.61. The number of aromatic nitrogens is 5. The minimum Gasteiger partial charge on any atom is -0.339 e. The number of benzene rings is 2. The lowest BCUT2D eigenvalue weighted by Crippen LogP contribution is -2.24. The zero-order chi connectivity index (χ0) is 21.5. The highest BCUT2D eigenvalue weighted by molar-refractivity contribution is 5.96. The van der Waals surface area contributed by atoms with Crippen molar-refractivity contribution in [3.8, 4) is 11.4 Å². The molecule has 160 valence electrons. The van der Waals surface area contributed by atoms with Gasteiger partial charge >= 0.3 is 0 Å². The summed E-state index contributed by atoms with van der Waals surface area (Å²) in [5.74, 6) is 2.32. The summed E-state index contributed by atoms with van der Waals surface area (Å²) in [7, 11) is 0. The van der Waals surface area contributed by atoms with E-state index in [-0.39, 0.29) is 11.8 Å². The molecule has 8 heteroatoms. The standard InChI is InChI=1S/C24H22N6O2/c31-22-12-18(14-30(22)19-10-9-15-7-4-8-17(15)11-19)24-26-21(29-32-24)13-20-25-23(28-27-20)16-5-2-1-3-6-16/h1-3,5-6,9-11,18H,4,7-8,12-14H2,(H,25,27,28). The molecule has 0 spiro atoms. The number of hydrogen-bond acceptors (Lipinski definition) is 6. The van der Waals surface area contributed by atoms with E-state index in [1.54, 1.807) is 0 Å². The fourth-order valence-corrected chi connectivity index (χ4v) is 4.59. The van der Waals surface area contributed by atoms with Gasteiger partial charge in [0.2, 0.25) is 11.8 Å². The van der Waals surface area contributed by atoms with Crippen LogP contribution in [-0.4, -0.2) is 37.8 Å². The summed E-state index contributed by atoms with van der Waals surface area (Å²) in [5, 5.41) is 11.3. The molecular formula is C24H22N6O2. The van der Waals surface area contributed by atoms with Gasteiger partial charge in [0.25, 0.3) is 0 Å². The van der Waals surface area contributed by atoms with Crippen molar-refractivity contribution in [2.75, 3.05) is 11.4 Å². The van der Waals surface area contributed by atoms with Crippen molar-refractivity contribution in [2.24, 2.45) is 0 Å². The molecule has 0 bridgehead atoms. The number of amides is 1. The molecule has 1 amide bonds. The van der Waals surface area contributed by atoms with Gasteiger partial charge in [-0.15, -0.1) is 0 Å². The van der Waals surface area contributed by atoms with Crippen LogP contribution in [0.4, 0.5) is 5.69 Å². The van der Waals surface area contributed by atoms with Gasteiger partial charge in [-0.05, 0) is 42.5 Å². The van der Waals surface area contributed by atoms with Crippen molar-refractivity contribution in [1.82, 2.24) is 25.3 Å². The maximum atomic E-state index is 12.7. The highest BCUT2D eigenvalue weighted by Gasteiger charge is 2.35. The molecule has 4 aromatic rings. The molecule has 1 saturated heterocycles. The van der Waals surface area contributed by atoms with Crippen LogP contribution in [0.15, 0.2) is 53.1 Å². The molecule has 32 heavy (non-hydrogen) atoms. The Hall–Kier alpha value is -3.81. The molecule has 1 unspecified atom stereocenters. The van der Waals surface area contributed by atoms with Crippen LogP contribution in [0.25, 0.3) is 11.4 Å². The van der Waals surface area contributed by atoms with Gasteiger partial charge in [-0.25, -0.2) is 4.98 Å². The topological polar surface area (TPSA) is 101 Å². The minimum atomic E-state index is -0.105. The monoisotopic (exact) mass is 426 g/mol. The summed E-state index contributed by atoms with van der Waals surface area (Å²) in [5.41, 5.74) is 4.68. The number of nitrogens with one attached hydrogen (secondary N) is 1. The fourth-order valence-electron chi connectivity index (χ4n) is 4.59. The molecule has 1 fully saturated rings. The van der Waals surface area contributed by atoms with E-state index in [2.05, 4.69) is 43.5 Å². The van der Waals surface area contributed by atoms with E-state index in [4.69, 9.17) is 4.52 Å². The van der Waals surface area contributed by atoms with E-state index in [9.17, 15) is 4.79 Å². The average molecular weight is 426 g/mol. The first-order valence-corrected chi connectivity index (χ1v) is 10.9. The Bertz CT molecular complexity index is 1280. The van der Waals surface area contributed by atoms with Gasteiger partial charge in [-0.3, -0.25) is 9.89 Å². The quantitative estimate of drug-likeness (QED) is 0.525. The van der Waals surface area contributed by atoms with Gasteiger partial charge in [0.1, 0.15) is 5.82 Å². The Kier molecular flexibility index (Phi) is 4.56. The lowest BCUT2D eigenvalue weighted by atomic mass is 10.1. The van der Waals surface area contributed by atoms with Gasteiger partial charge in [-0.2, -0.15) is 10.1 Å². The number of aryl methyl sites for hydroxylation is 2. The van der Waals surface area contributed by atoms with Gasteiger partial charge in [0.05, 0.1) is 12.3 Å². The second-order valence-electron chi connectivity index (χ2n) is 8.41. The molecular weight excluding hydrogens is 404 g/mol. The van der Waals surface area contributed by atoms with Crippen molar-refractivity contribution in [2.45, 2.75) is 38.0 Å². The zero-order valence-electron chi connectivity index (χ0n) is 17.5. The first-order chi connectivity index (χ1) is 15.7. The lowest BCUT2D eigenvalue weighted by molar-refractivity contribution is -0.117. The van der Waals surface area contributed by atoms with Crippen LogP contribution in [0.3, 0.4) is 0 Å². The van der Waals surface area contributed by atoms with Crippen molar-refractivity contribution in [3.05, 3.63) is 77.2 Å². The molecule has 1 N–H and O–H groups in total. The number of H-pyrrole nitrogens is 1. The molecule has 0 radical (unpaired) electrons. The Labute approximate surface area is 184 Å². The molecule has 1 atom stereocenters. The largest absolute Gasteiger partial charge is 0.339 e. The smallest absolute Gasteiger partial charge is 0.232 e. The highest BCUT2D eigenvalue weighted by Crippen LogP contribution is 2.33. The molecule has 3 heterocycles. The summed E-state index contributed by atoms with van der Waals surface area (Å²) >= 11 is 0. The van der Waals surface area contributed by atoms with Crippen molar-refractivity contribution < 1.29 is 9.32 Å². The lowest BCUT2D eigenvalue weighted by Gasteiger charge is -2.17. The maximum Gasteiger partial charge on any atom is 0.232 e. The van der Waals surface area contributed by atoms with Crippen molar-refractivity contribution in [1.29, 1.82) is 0 Å².